The first-order chi connectivity index (χ1) is 15.6. The lowest BCUT2D eigenvalue weighted by Gasteiger charge is -2.33. The van der Waals surface area contributed by atoms with Gasteiger partial charge in [0, 0.05) is 12.7 Å². The molecule has 0 aromatic heterocycles. The van der Waals surface area contributed by atoms with Gasteiger partial charge in [-0.1, -0.05) is 26.2 Å². The molecule has 0 saturated carbocycles. The Labute approximate surface area is 190 Å². The minimum absolute atomic E-state index is 0.0632. The number of methoxy groups -OCH3 is 1. The van der Waals surface area contributed by atoms with Crippen LogP contribution in [-0.4, -0.2) is 60.9 Å². The zero-order valence-electron chi connectivity index (χ0n) is 19.1. The fourth-order valence-corrected chi connectivity index (χ4v) is 3.27. The van der Waals surface area contributed by atoms with Crippen LogP contribution in [0.4, 0.5) is 17.6 Å². The van der Waals surface area contributed by atoms with Gasteiger partial charge in [-0.15, -0.1) is 0 Å². The van der Waals surface area contributed by atoms with Crippen molar-refractivity contribution >= 4 is 5.97 Å². The van der Waals surface area contributed by atoms with E-state index in [-0.39, 0.29) is 13.2 Å². The number of carbonyl (C=O) groups is 1. The lowest BCUT2D eigenvalue weighted by Crippen LogP contribution is -2.64. The van der Waals surface area contributed by atoms with Gasteiger partial charge >= 0.3 is 5.97 Å². The normalized spacial score (nSPS) is 15.1. The van der Waals surface area contributed by atoms with Crippen molar-refractivity contribution < 1.29 is 46.8 Å². The number of nitrogens with two attached hydrogens (primary N) is 1. The summed E-state index contributed by atoms with van der Waals surface area (Å²) in [5, 5.41) is 20.7. The van der Waals surface area contributed by atoms with E-state index in [4.69, 9.17) is 19.9 Å². The van der Waals surface area contributed by atoms with Crippen LogP contribution < -0.4 is 10.5 Å². The number of ether oxygens (including phenoxy) is 3. The third-order valence-corrected chi connectivity index (χ3v) is 5.18. The topological polar surface area (TPSA) is 111 Å². The summed E-state index contributed by atoms with van der Waals surface area (Å²) >= 11 is 0. The van der Waals surface area contributed by atoms with Crippen molar-refractivity contribution in [2.24, 2.45) is 5.73 Å². The fourth-order valence-electron chi connectivity index (χ4n) is 3.27. The molecule has 0 radical (unpaired) electrons. The maximum absolute atomic E-state index is 14.4. The highest BCUT2D eigenvalue weighted by Gasteiger charge is 2.46. The smallest absolute Gasteiger partial charge is 0.331 e. The highest BCUT2D eigenvalue weighted by Crippen LogP contribution is 2.31. The van der Waals surface area contributed by atoms with Crippen LogP contribution in [0.5, 0.6) is 5.75 Å². The van der Waals surface area contributed by atoms with E-state index < -0.39 is 77.7 Å². The Bertz CT molecular complexity index is 753. The van der Waals surface area contributed by atoms with E-state index in [0.717, 1.165) is 19.3 Å². The van der Waals surface area contributed by atoms with Gasteiger partial charge in [0.1, 0.15) is 6.10 Å². The Balaban J connectivity index is 2.98. The zero-order chi connectivity index (χ0) is 25.2. The van der Waals surface area contributed by atoms with Crippen molar-refractivity contribution in [2.75, 3.05) is 26.9 Å². The van der Waals surface area contributed by atoms with Gasteiger partial charge in [0.15, 0.2) is 22.9 Å². The van der Waals surface area contributed by atoms with Gasteiger partial charge in [0.2, 0.25) is 11.6 Å². The lowest BCUT2D eigenvalue weighted by atomic mass is 9.88. The van der Waals surface area contributed by atoms with E-state index in [1.807, 2.05) is 6.92 Å². The highest BCUT2D eigenvalue weighted by atomic mass is 19.2. The SMILES string of the molecule is CCCCCCOc1c(F)c(F)c(CCC(O)C(O)C(N)(COC)C(=O)OCC)c(F)c1F. The van der Waals surface area contributed by atoms with Crippen LogP contribution in [0, 0.1) is 23.3 Å². The van der Waals surface area contributed by atoms with E-state index >= 15 is 0 Å². The number of hydrogen-bond acceptors (Lipinski definition) is 7. The minimum Gasteiger partial charge on any atom is -0.487 e. The summed E-state index contributed by atoms with van der Waals surface area (Å²) in [7, 11) is 1.20. The summed E-state index contributed by atoms with van der Waals surface area (Å²) in [5.74, 6) is -8.91. The maximum Gasteiger partial charge on any atom is 0.331 e. The Kier molecular flexibility index (Phi) is 12.1. The molecular weight excluding hydrogens is 450 g/mol. The number of aliphatic hydroxyl groups is 2. The van der Waals surface area contributed by atoms with Crippen LogP contribution in [0.1, 0.15) is 51.5 Å². The van der Waals surface area contributed by atoms with Crippen molar-refractivity contribution in [2.45, 2.75) is 70.1 Å². The van der Waals surface area contributed by atoms with Gasteiger partial charge < -0.3 is 30.2 Å². The van der Waals surface area contributed by atoms with Crippen LogP contribution in [0.3, 0.4) is 0 Å². The summed E-state index contributed by atoms with van der Waals surface area (Å²) in [5.41, 5.74) is 2.72. The number of carbonyl (C=O) groups excluding carboxylic acids is 1. The van der Waals surface area contributed by atoms with Gasteiger partial charge in [-0.2, -0.15) is 8.78 Å². The number of rotatable bonds is 15. The molecule has 33 heavy (non-hydrogen) atoms. The van der Waals surface area contributed by atoms with E-state index in [1.54, 1.807) is 0 Å². The van der Waals surface area contributed by atoms with Gasteiger partial charge in [-0.25, -0.2) is 13.6 Å². The molecule has 0 heterocycles. The molecule has 0 aliphatic carbocycles. The first-order valence-corrected chi connectivity index (χ1v) is 10.8. The van der Waals surface area contributed by atoms with Crippen LogP contribution in [0.25, 0.3) is 0 Å². The largest absolute Gasteiger partial charge is 0.487 e. The zero-order valence-corrected chi connectivity index (χ0v) is 19.1. The number of hydrogen-bond donors (Lipinski definition) is 3. The second-order valence-electron chi connectivity index (χ2n) is 7.72. The lowest BCUT2D eigenvalue weighted by molar-refractivity contribution is -0.162. The summed E-state index contributed by atoms with van der Waals surface area (Å²) in [6.07, 6.45) is -2.02. The molecule has 0 amide bonds. The third kappa shape index (κ3) is 7.26. The van der Waals surface area contributed by atoms with Crippen LogP contribution in [-0.2, 0) is 20.7 Å². The summed E-state index contributed by atoms with van der Waals surface area (Å²) in [6, 6.07) is 0. The van der Waals surface area contributed by atoms with E-state index in [9.17, 15) is 32.6 Å². The highest BCUT2D eigenvalue weighted by molar-refractivity contribution is 5.81. The average Bonchev–Trinajstić information content (AvgIpc) is 2.79. The molecule has 1 aromatic rings. The third-order valence-electron chi connectivity index (χ3n) is 5.18. The Hall–Kier alpha value is -1.95. The van der Waals surface area contributed by atoms with Crippen molar-refractivity contribution in [3.05, 3.63) is 28.8 Å². The molecule has 0 fully saturated rings. The van der Waals surface area contributed by atoms with Gasteiger partial charge in [0.25, 0.3) is 0 Å². The minimum atomic E-state index is -2.17. The summed E-state index contributed by atoms with van der Waals surface area (Å²) in [6.45, 7) is 2.78. The van der Waals surface area contributed by atoms with Crippen LogP contribution >= 0.6 is 0 Å². The molecule has 0 spiro atoms. The Morgan fingerprint density at radius 2 is 1.64 bits per heavy atom. The van der Waals surface area contributed by atoms with Gasteiger partial charge in [-0.3, -0.25) is 0 Å². The first-order valence-electron chi connectivity index (χ1n) is 10.8. The molecule has 190 valence electrons. The molecule has 7 nitrogen and oxygen atoms in total. The summed E-state index contributed by atoms with van der Waals surface area (Å²) in [4.78, 5) is 12.1. The predicted octanol–water partition coefficient (Wildman–Crippen LogP) is 2.76. The molecule has 3 unspecified atom stereocenters. The monoisotopic (exact) mass is 483 g/mol. The predicted molar refractivity (Wildman–Crippen MR) is 112 cm³/mol. The van der Waals surface area contributed by atoms with Crippen LogP contribution in [0.2, 0.25) is 0 Å². The van der Waals surface area contributed by atoms with Crippen LogP contribution in [0.15, 0.2) is 0 Å². The second kappa shape index (κ2) is 13.7. The number of unbranched alkanes of at least 4 members (excludes halogenated alkanes) is 3. The molecule has 0 saturated heterocycles. The fraction of sp³-hybridized carbons (Fsp3) is 0.682. The van der Waals surface area contributed by atoms with Crippen molar-refractivity contribution in [1.82, 2.24) is 0 Å². The number of benzene rings is 1. The van der Waals surface area contributed by atoms with E-state index in [1.165, 1.54) is 14.0 Å². The van der Waals surface area contributed by atoms with Gasteiger partial charge in [-0.05, 0) is 26.2 Å². The van der Waals surface area contributed by atoms with E-state index in [0.29, 0.717) is 6.42 Å². The summed E-state index contributed by atoms with van der Waals surface area (Å²) < 4.78 is 72.0. The molecule has 1 aromatic carbocycles. The molecule has 4 N–H and O–H groups in total. The molecule has 3 atom stereocenters. The molecule has 1 rings (SSSR count). The molecule has 11 heteroatoms. The van der Waals surface area contributed by atoms with Crippen molar-refractivity contribution in [3.8, 4) is 5.75 Å². The number of esters is 1. The van der Waals surface area contributed by atoms with Crippen molar-refractivity contribution in [3.63, 3.8) is 0 Å². The van der Waals surface area contributed by atoms with Gasteiger partial charge in [0.05, 0.1) is 25.9 Å². The quantitative estimate of drug-likeness (QED) is 0.152. The maximum atomic E-state index is 14.4. The second-order valence-corrected chi connectivity index (χ2v) is 7.72. The number of halogens is 4. The Morgan fingerprint density at radius 3 is 2.15 bits per heavy atom. The molecule has 0 bridgehead atoms. The van der Waals surface area contributed by atoms with E-state index in [2.05, 4.69) is 0 Å². The van der Waals surface area contributed by atoms with Crippen molar-refractivity contribution in [1.29, 1.82) is 0 Å². The molecular formula is C22H33F4NO6. The average molecular weight is 483 g/mol. The molecule has 0 aliphatic heterocycles. The standard InChI is InChI=1S/C22H33F4NO6/c1-4-6-7-8-11-33-19-17(25)15(23)13(16(24)18(19)26)9-10-14(28)20(29)22(27,12-31-3)21(30)32-5-2/h14,20,28-29H,4-12,27H2,1-3H3. The Morgan fingerprint density at radius 1 is 1.03 bits per heavy atom. The molecule has 0 aliphatic rings. The first kappa shape index (κ1) is 29.1. The number of aliphatic hydroxyl groups excluding tert-OH is 2.